The molecule has 0 unspecified atom stereocenters. The van der Waals surface area contributed by atoms with Gasteiger partial charge in [-0.1, -0.05) is 31.7 Å². The smallest absolute Gasteiger partial charge is 0.0205 e. The molecule has 0 aliphatic carbocycles. The Kier molecular flexibility index (Phi) is 6.39. The average Bonchev–Trinajstić information content (AvgIpc) is 2.07. The summed E-state index contributed by atoms with van der Waals surface area (Å²) >= 11 is 0. The summed E-state index contributed by atoms with van der Waals surface area (Å²) in [7, 11) is 1.96. The van der Waals surface area contributed by atoms with E-state index in [1.54, 1.807) is 0 Å². The molecule has 12 heavy (non-hydrogen) atoms. The van der Waals surface area contributed by atoms with Crippen LogP contribution in [0.3, 0.4) is 0 Å². The summed E-state index contributed by atoms with van der Waals surface area (Å²) < 4.78 is 0. The number of likely N-dealkylation sites (N-methyl/N-ethyl adjacent to an activating group) is 1. The molecule has 0 fully saturated rings. The van der Waals surface area contributed by atoms with Crippen molar-refractivity contribution in [1.82, 2.24) is 5.32 Å². The van der Waals surface area contributed by atoms with E-state index in [2.05, 4.69) is 31.0 Å². The van der Waals surface area contributed by atoms with Crippen molar-refractivity contribution in [2.24, 2.45) is 0 Å². The summed E-state index contributed by atoms with van der Waals surface area (Å²) in [5.74, 6) is 0. The molecule has 0 amide bonds. The van der Waals surface area contributed by atoms with Gasteiger partial charge in [-0.05, 0) is 31.5 Å². The van der Waals surface area contributed by atoms with Crippen molar-refractivity contribution in [3.05, 3.63) is 36.0 Å². The quantitative estimate of drug-likeness (QED) is 0.618. The maximum atomic E-state index is 3.80. The lowest BCUT2D eigenvalue weighted by molar-refractivity contribution is 0.881. The minimum Gasteiger partial charge on any atom is -0.316 e. The first-order chi connectivity index (χ1) is 5.79. The minimum atomic E-state index is 0.916. The third-order valence-corrected chi connectivity index (χ3v) is 1.77. The summed E-state index contributed by atoms with van der Waals surface area (Å²) in [6.45, 7) is 8.90. The number of nitrogens with one attached hydrogen (secondary N) is 1. The van der Waals surface area contributed by atoms with Crippen molar-refractivity contribution in [3.63, 3.8) is 0 Å². The van der Waals surface area contributed by atoms with Gasteiger partial charge in [-0.25, -0.2) is 0 Å². The molecule has 0 aliphatic heterocycles. The van der Waals surface area contributed by atoms with Crippen LogP contribution in [0.25, 0.3) is 0 Å². The van der Waals surface area contributed by atoms with Gasteiger partial charge in [0.1, 0.15) is 0 Å². The van der Waals surface area contributed by atoms with Gasteiger partial charge in [0.15, 0.2) is 0 Å². The molecule has 0 aliphatic rings. The van der Waals surface area contributed by atoms with E-state index in [1.165, 1.54) is 11.1 Å². The van der Waals surface area contributed by atoms with Crippen molar-refractivity contribution in [2.45, 2.75) is 20.3 Å². The van der Waals surface area contributed by atoms with Gasteiger partial charge < -0.3 is 5.32 Å². The molecule has 1 nitrogen and oxygen atoms in total. The molecule has 0 aromatic rings. The van der Waals surface area contributed by atoms with Crippen molar-refractivity contribution in [2.75, 3.05) is 13.6 Å². The van der Waals surface area contributed by atoms with Crippen LogP contribution in [0.1, 0.15) is 20.3 Å². The van der Waals surface area contributed by atoms with E-state index < -0.39 is 0 Å². The molecular formula is C11H19N. The predicted octanol–water partition coefficient (Wildman–Crippen LogP) is 2.67. The normalized spacial score (nSPS) is 13.2. The predicted molar refractivity (Wildman–Crippen MR) is 56.3 cm³/mol. The third-order valence-electron chi connectivity index (χ3n) is 1.77. The second kappa shape index (κ2) is 6.86. The van der Waals surface area contributed by atoms with Gasteiger partial charge in [0.05, 0.1) is 0 Å². The van der Waals surface area contributed by atoms with Crippen LogP contribution in [0.15, 0.2) is 36.0 Å². The maximum Gasteiger partial charge on any atom is 0.0205 e. The minimum absolute atomic E-state index is 0.916. The molecule has 0 rings (SSSR count). The Morgan fingerprint density at radius 1 is 1.42 bits per heavy atom. The molecule has 1 heteroatoms. The van der Waals surface area contributed by atoms with Crippen LogP contribution in [0.5, 0.6) is 0 Å². The highest BCUT2D eigenvalue weighted by molar-refractivity contribution is 5.32. The molecular weight excluding hydrogens is 146 g/mol. The summed E-state index contributed by atoms with van der Waals surface area (Å²) in [6, 6.07) is 0. The topological polar surface area (TPSA) is 12.0 Å². The Bertz CT molecular complexity index is 187. The fourth-order valence-electron chi connectivity index (χ4n) is 1.17. The van der Waals surface area contributed by atoms with E-state index in [0.717, 1.165) is 13.0 Å². The summed E-state index contributed by atoms with van der Waals surface area (Å²) in [4.78, 5) is 0. The highest BCUT2D eigenvalue weighted by atomic mass is 14.8. The van der Waals surface area contributed by atoms with Crippen LogP contribution >= 0.6 is 0 Å². The molecule has 0 bridgehead atoms. The largest absolute Gasteiger partial charge is 0.316 e. The number of hydrogen-bond acceptors (Lipinski definition) is 1. The van der Waals surface area contributed by atoms with Crippen LogP contribution in [-0.2, 0) is 0 Å². The first-order valence-electron chi connectivity index (χ1n) is 4.41. The molecule has 0 radical (unpaired) electrons. The van der Waals surface area contributed by atoms with Crippen molar-refractivity contribution in [1.29, 1.82) is 0 Å². The van der Waals surface area contributed by atoms with E-state index in [1.807, 2.05) is 20.0 Å². The van der Waals surface area contributed by atoms with E-state index >= 15 is 0 Å². The number of hydrogen-bond donors (Lipinski definition) is 1. The zero-order chi connectivity index (χ0) is 9.40. The molecule has 68 valence electrons. The SMILES string of the molecule is C=C/C(CC)=C(\C=C/C)CNC. The van der Waals surface area contributed by atoms with E-state index in [4.69, 9.17) is 0 Å². The zero-order valence-electron chi connectivity index (χ0n) is 8.35. The molecule has 0 aromatic heterocycles. The monoisotopic (exact) mass is 165 g/mol. The van der Waals surface area contributed by atoms with Gasteiger partial charge in [0.25, 0.3) is 0 Å². The van der Waals surface area contributed by atoms with Gasteiger partial charge >= 0.3 is 0 Å². The van der Waals surface area contributed by atoms with E-state index in [9.17, 15) is 0 Å². The number of allylic oxidation sites excluding steroid dienone is 3. The van der Waals surface area contributed by atoms with Crippen LogP contribution in [0.4, 0.5) is 0 Å². The van der Waals surface area contributed by atoms with Crippen LogP contribution < -0.4 is 5.32 Å². The fraction of sp³-hybridized carbons (Fsp3) is 0.455. The Morgan fingerprint density at radius 3 is 2.42 bits per heavy atom. The van der Waals surface area contributed by atoms with Crippen LogP contribution in [0.2, 0.25) is 0 Å². The molecule has 0 spiro atoms. The fourth-order valence-corrected chi connectivity index (χ4v) is 1.17. The second-order valence-electron chi connectivity index (χ2n) is 2.64. The third kappa shape index (κ3) is 3.54. The van der Waals surface area contributed by atoms with Crippen molar-refractivity contribution in [3.8, 4) is 0 Å². The summed E-state index contributed by atoms with van der Waals surface area (Å²) in [5, 5.41) is 3.14. The van der Waals surface area contributed by atoms with Gasteiger partial charge in [-0.2, -0.15) is 0 Å². The van der Waals surface area contributed by atoms with Crippen molar-refractivity contribution < 1.29 is 0 Å². The average molecular weight is 165 g/mol. The van der Waals surface area contributed by atoms with Crippen molar-refractivity contribution >= 4 is 0 Å². The lowest BCUT2D eigenvalue weighted by Crippen LogP contribution is -2.10. The first-order valence-corrected chi connectivity index (χ1v) is 4.41. The van der Waals surface area contributed by atoms with E-state index in [0.29, 0.717) is 0 Å². The van der Waals surface area contributed by atoms with Crippen LogP contribution in [0, 0.1) is 0 Å². The Balaban J connectivity index is 4.61. The molecule has 0 aromatic carbocycles. The first kappa shape index (κ1) is 11.2. The Labute approximate surface area is 75.9 Å². The summed E-state index contributed by atoms with van der Waals surface area (Å²) in [5.41, 5.74) is 2.65. The lowest BCUT2D eigenvalue weighted by atomic mass is 10.1. The molecule has 0 saturated heterocycles. The van der Waals surface area contributed by atoms with Gasteiger partial charge in [0, 0.05) is 6.54 Å². The maximum absolute atomic E-state index is 3.80. The highest BCUT2D eigenvalue weighted by Crippen LogP contribution is 2.10. The van der Waals surface area contributed by atoms with Gasteiger partial charge in [-0.15, -0.1) is 0 Å². The molecule has 0 heterocycles. The van der Waals surface area contributed by atoms with E-state index in [-0.39, 0.29) is 0 Å². The highest BCUT2D eigenvalue weighted by Gasteiger charge is 1.96. The number of rotatable bonds is 5. The molecule has 1 N–H and O–H groups in total. The summed E-state index contributed by atoms with van der Waals surface area (Å²) in [6.07, 6.45) is 7.18. The lowest BCUT2D eigenvalue weighted by Gasteiger charge is -2.06. The Morgan fingerprint density at radius 2 is 2.08 bits per heavy atom. The zero-order valence-corrected chi connectivity index (χ0v) is 8.35. The molecule has 0 saturated carbocycles. The molecule has 0 atom stereocenters. The van der Waals surface area contributed by atoms with Gasteiger partial charge in [-0.3, -0.25) is 0 Å². The van der Waals surface area contributed by atoms with Crippen LogP contribution in [-0.4, -0.2) is 13.6 Å². The van der Waals surface area contributed by atoms with Gasteiger partial charge in [0.2, 0.25) is 0 Å². The second-order valence-corrected chi connectivity index (χ2v) is 2.64. The standard InChI is InChI=1S/C11H19N/c1-5-8-11(9-12-4)10(6-2)7-3/h5-6,8,12H,2,7,9H2,1,3-4H3/b8-5-,11-10-. The Hall–Kier alpha value is -0.820.